The molecule has 3 N–H and O–H groups in total. The Bertz CT molecular complexity index is 506. The van der Waals surface area contributed by atoms with Crippen LogP contribution in [0.3, 0.4) is 0 Å². The van der Waals surface area contributed by atoms with Crippen LogP contribution in [0.1, 0.15) is 29.7 Å². The topological polar surface area (TPSA) is 82.7 Å². The summed E-state index contributed by atoms with van der Waals surface area (Å²) in [5.41, 5.74) is 1.32. The molecule has 0 fully saturated rings. The molecule has 0 bridgehead atoms. The van der Waals surface area contributed by atoms with Gasteiger partial charge in [0.1, 0.15) is 11.5 Å². The highest BCUT2D eigenvalue weighted by molar-refractivity contribution is 5.92. The summed E-state index contributed by atoms with van der Waals surface area (Å²) in [7, 11) is 0. The molecular formula is C13H17N5O. The van der Waals surface area contributed by atoms with Gasteiger partial charge in [0.15, 0.2) is 0 Å². The van der Waals surface area contributed by atoms with Gasteiger partial charge in [-0.3, -0.25) is 4.79 Å². The van der Waals surface area contributed by atoms with E-state index in [0.717, 1.165) is 24.5 Å². The zero-order valence-corrected chi connectivity index (χ0v) is 10.8. The molecule has 0 aliphatic heterocycles. The smallest absolute Gasteiger partial charge is 0.270 e. The lowest BCUT2D eigenvalue weighted by Gasteiger charge is -2.06. The van der Waals surface area contributed by atoms with Crippen LogP contribution in [0.5, 0.6) is 0 Å². The Morgan fingerprint density at radius 2 is 2.26 bits per heavy atom. The fourth-order valence-corrected chi connectivity index (χ4v) is 1.55. The first-order valence-corrected chi connectivity index (χ1v) is 6.26. The largest absolute Gasteiger partial charge is 0.384 e. The van der Waals surface area contributed by atoms with E-state index in [1.54, 1.807) is 24.7 Å². The number of hydrogen-bond acceptors (Lipinski definition) is 4. The zero-order chi connectivity index (χ0) is 13.5. The first-order valence-electron chi connectivity index (χ1n) is 6.26. The van der Waals surface area contributed by atoms with Crippen LogP contribution in [-0.2, 0) is 6.54 Å². The third-order valence-corrected chi connectivity index (χ3v) is 2.55. The Labute approximate surface area is 111 Å². The van der Waals surface area contributed by atoms with E-state index in [2.05, 4.69) is 32.5 Å². The highest BCUT2D eigenvalue weighted by atomic mass is 16.1. The summed E-state index contributed by atoms with van der Waals surface area (Å²) in [6.45, 7) is 3.35. The first-order chi connectivity index (χ1) is 9.29. The average Bonchev–Trinajstić information content (AvgIpc) is 2.96. The van der Waals surface area contributed by atoms with Gasteiger partial charge >= 0.3 is 0 Å². The molecule has 2 heterocycles. The van der Waals surface area contributed by atoms with Gasteiger partial charge in [-0.2, -0.15) is 0 Å². The van der Waals surface area contributed by atoms with Crippen molar-refractivity contribution < 1.29 is 4.79 Å². The van der Waals surface area contributed by atoms with Crippen molar-refractivity contribution in [3.05, 3.63) is 42.2 Å². The van der Waals surface area contributed by atoms with Gasteiger partial charge in [-0.25, -0.2) is 9.97 Å². The van der Waals surface area contributed by atoms with Gasteiger partial charge in [-0.1, -0.05) is 6.92 Å². The normalized spacial score (nSPS) is 10.2. The van der Waals surface area contributed by atoms with Crippen LogP contribution in [0.4, 0.5) is 5.69 Å². The van der Waals surface area contributed by atoms with Crippen LogP contribution in [0.2, 0.25) is 0 Å². The van der Waals surface area contributed by atoms with Crippen LogP contribution in [-0.4, -0.2) is 27.4 Å². The first kappa shape index (κ1) is 13.1. The quantitative estimate of drug-likeness (QED) is 0.735. The lowest BCUT2D eigenvalue weighted by Crippen LogP contribution is -2.24. The number of aromatic nitrogens is 3. The number of H-pyrrole nitrogens is 1. The number of pyridine rings is 1. The molecule has 2 rings (SSSR count). The van der Waals surface area contributed by atoms with E-state index >= 15 is 0 Å². The second-order valence-electron chi connectivity index (χ2n) is 4.08. The summed E-state index contributed by atoms with van der Waals surface area (Å²) in [5.74, 6) is 0.507. The second kappa shape index (κ2) is 6.53. The minimum absolute atomic E-state index is 0.210. The number of hydrogen-bond donors (Lipinski definition) is 3. The van der Waals surface area contributed by atoms with Crippen molar-refractivity contribution in [2.24, 2.45) is 0 Å². The highest BCUT2D eigenvalue weighted by Gasteiger charge is 2.07. The van der Waals surface area contributed by atoms with E-state index in [4.69, 9.17) is 0 Å². The van der Waals surface area contributed by atoms with Crippen molar-refractivity contribution in [1.82, 2.24) is 20.3 Å². The van der Waals surface area contributed by atoms with Crippen molar-refractivity contribution in [3.8, 4) is 0 Å². The van der Waals surface area contributed by atoms with Crippen LogP contribution in [0, 0.1) is 0 Å². The fourth-order valence-electron chi connectivity index (χ4n) is 1.55. The minimum atomic E-state index is -0.210. The second-order valence-corrected chi connectivity index (χ2v) is 4.08. The molecule has 19 heavy (non-hydrogen) atoms. The summed E-state index contributed by atoms with van der Waals surface area (Å²) >= 11 is 0. The van der Waals surface area contributed by atoms with Crippen molar-refractivity contribution in [1.29, 1.82) is 0 Å². The Kier molecular flexibility index (Phi) is 4.49. The minimum Gasteiger partial charge on any atom is -0.384 e. The Balaban J connectivity index is 1.88. The number of rotatable bonds is 6. The van der Waals surface area contributed by atoms with E-state index in [0.29, 0.717) is 12.2 Å². The number of carbonyl (C=O) groups is 1. The maximum absolute atomic E-state index is 11.8. The molecule has 100 valence electrons. The molecule has 0 aliphatic carbocycles. The number of carbonyl (C=O) groups excluding carboxylic acids is 1. The summed E-state index contributed by atoms with van der Waals surface area (Å²) in [4.78, 5) is 22.9. The molecule has 0 aromatic carbocycles. The maximum atomic E-state index is 11.8. The monoisotopic (exact) mass is 259 g/mol. The van der Waals surface area contributed by atoms with Gasteiger partial charge in [0.25, 0.3) is 5.91 Å². The maximum Gasteiger partial charge on any atom is 0.270 e. The Morgan fingerprint density at radius 1 is 1.37 bits per heavy atom. The number of anilines is 1. The molecule has 2 aromatic heterocycles. The Morgan fingerprint density at radius 3 is 2.89 bits per heavy atom. The summed E-state index contributed by atoms with van der Waals surface area (Å²) < 4.78 is 0. The number of imidazole rings is 1. The third-order valence-electron chi connectivity index (χ3n) is 2.55. The van der Waals surface area contributed by atoms with E-state index in [1.807, 2.05) is 6.07 Å². The van der Waals surface area contributed by atoms with Gasteiger partial charge in [-0.15, -0.1) is 0 Å². The van der Waals surface area contributed by atoms with Gasteiger partial charge in [0.05, 0.1) is 18.4 Å². The molecular weight excluding hydrogens is 242 g/mol. The molecule has 1 amide bonds. The number of aromatic amines is 1. The number of amides is 1. The summed E-state index contributed by atoms with van der Waals surface area (Å²) in [6.07, 6.45) is 6.07. The fraction of sp³-hybridized carbons (Fsp3) is 0.308. The van der Waals surface area contributed by atoms with Gasteiger partial charge in [-0.05, 0) is 18.6 Å². The van der Waals surface area contributed by atoms with Gasteiger partial charge in [0, 0.05) is 18.9 Å². The average molecular weight is 259 g/mol. The van der Waals surface area contributed by atoms with Crippen molar-refractivity contribution in [2.75, 3.05) is 11.9 Å². The summed E-state index contributed by atoms with van der Waals surface area (Å²) in [6, 6.07) is 3.56. The molecule has 2 aromatic rings. The zero-order valence-electron chi connectivity index (χ0n) is 10.8. The van der Waals surface area contributed by atoms with E-state index in [1.165, 1.54) is 0 Å². The van der Waals surface area contributed by atoms with Crippen LogP contribution < -0.4 is 10.6 Å². The molecule has 6 heteroatoms. The molecule has 6 nitrogen and oxygen atoms in total. The van der Waals surface area contributed by atoms with Crippen molar-refractivity contribution >= 4 is 11.6 Å². The molecule has 0 radical (unpaired) electrons. The lowest BCUT2D eigenvalue weighted by atomic mass is 10.3. The Hall–Kier alpha value is -2.37. The molecule has 0 unspecified atom stereocenters. The molecule has 0 atom stereocenters. The van der Waals surface area contributed by atoms with Crippen LogP contribution >= 0.6 is 0 Å². The predicted molar refractivity (Wildman–Crippen MR) is 72.8 cm³/mol. The van der Waals surface area contributed by atoms with Crippen molar-refractivity contribution in [2.45, 2.75) is 19.9 Å². The van der Waals surface area contributed by atoms with Gasteiger partial charge in [0.2, 0.25) is 0 Å². The van der Waals surface area contributed by atoms with Crippen LogP contribution in [0.15, 0.2) is 30.7 Å². The van der Waals surface area contributed by atoms with E-state index < -0.39 is 0 Å². The number of nitrogens with one attached hydrogen (secondary N) is 3. The number of nitrogens with zero attached hydrogens (tertiary/aromatic N) is 2. The highest BCUT2D eigenvalue weighted by Crippen LogP contribution is 2.06. The standard InChI is InChI=1S/C13H17N5O/c1-2-5-14-10-3-4-11(17-8-10)13(19)18-9-12-15-6-7-16-12/h3-4,6-8,14H,2,5,9H2,1H3,(H,15,16)(H,18,19). The molecule has 0 saturated carbocycles. The molecule has 0 aliphatic rings. The van der Waals surface area contributed by atoms with Gasteiger partial charge < -0.3 is 15.6 Å². The van der Waals surface area contributed by atoms with Crippen LogP contribution in [0.25, 0.3) is 0 Å². The molecule has 0 spiro atoms. The van der Waals surface area contributed by atoms with E-state index in [-0.39, 0.29) is 5.91 Å². The lowest BCUT2D eigenvalue weighted by molar-refractivity contribution is 0.0945. The SMILES string of the molecule is CCCNc1ccc(C(=O)NCc2ncc[nH]2)nc1. The third kappa shape index (κ3) is 3.80. The van der Waals surface area contributed by atoms with E-state index in [9.17, 15) is 4.79 Å². The summed E-state index contributed by atoms with van der Waals surface area (Å²) in [5, 5.41) is 5.95. The van der Waals surface area contributed by atoms with Crippen molar-refractivity contribution in [3.63, 3.8) is 0 Å². The predicted octanol–water partition coefficient (Wildman–Crippen LogP) is 1.56. The molecule has 0 saturated heterocycles.